The Bertz CT molecular complexity index is 830. The highest BCUT2D eigenvalue weighted by atomic mass is 19.1. The van der Waals surface area contributed by atoms with Gasteiger partial charge in [-0.15, -0.1) is 16.6 Å². The Balaban J connectivity index is 2.14. The lowest BCUT2D eigenvalue weighted by atomic mass is 9.89. The second-order valence-corrected chi connectivity index (χ2v) is 5.80. The number of hydrogen-bond acceptors (Lipinski definition) is 5. The monoisotopic (exact) mass is 341 g/mol. The SMILES string of the molecule is C#Cc1ccc(-c2nnc(N)c3c2CCCC3)c(OCOCC)c1F. The van der Waals surface area contributed by atoms with Crippen molar-refractivity contribution in [3.63, 3.8) is 0 Å². The van der Waals surface area contributed by atoms with Gasteiger partial charge in [0.1, 0.15) is 11.5 Å². The molecule has 0 atom stereocenters. The Hall–Kier alpha value is -2.65. The summed E-state index contributed by atoms with van der Waals surface area (Å²) in [5, 5.41) is 8.29. The highest BCUT2D eigenvalue weighted by molar-refractivity contribution is 5.74. The Morgan fingerprint density at radius 1 is 1.24 bits per heavy atom. The molecule has 0 spiro atoms. The van der Waals surface area contributed by atoms with E-state index in [4.69, 9.17) is 21.6 Å². The molecular formula is C19H20FN3O2. The molecule has 1 aromatic carbocycles. The predicted molar refractivity (Wildman–Crippen MR) is 93.5 cm³/mol. The first-order valence-corrected chi connectivity index (χ1v) is 8.31. The van der Waals surface area contributed by atoms with Gasteiger partial charge in [-0.2, -0.15) is 0 Å². The lowest BCUT2D eigenvalue weighted by molar-refractivity contribution is 0.0204. The molecule has 1 aromatic heterocycles. The van der Waals surface area contributed by atoms with Crippen molar-refractivity contribution in [2.75, 3.05) is 19.1 Å². The maximum Gasteiger partial charge on any atom is 0.189 e. The molecule has 1 aliphatic rings. The largest absolute Gasteiger partial charge is 0.464 e. The zero-order chi connectivity index (χ0) is 17.8. The van der Waals surface area contributed by atoms with Crippen molar-refractivity contribution in [1.82, 2.24) is 10.2 Å². The quantitative estimate of drug-likeness (QED) is 0.514. The molecule has 0 bridgehead atoms. The average Bonchev–Trinajstić information content (AvgIpc) is 2.64. The number of nitrogen functional groups attached to an aromatic ring is 1. The van der Waals surface area contributed by atoms with E-state index < -0.39 is 5.82 Å². The van der Waals surface area contributed by atoms with Crippen LogP contribution in [0.25, 0.3) is 11.3 Å². The van der Waals surface area contributed by atoms with Gasteiger partial charge in [0.25, 0.3) is 0 Å². The van der Waals surface area contributed by atoms with Crippen LogP contribution in [0.4, 0.5) is 10.2 Å². The number of rotatable bonds is 5. The summed E-state index contributed by atoms with van der Waals surface area (Å²) in [6, 6.07) is 3.26. The predicted octanol–water partition coefficient (Wildman–Crippen LogP) is 3.10. The van der Waals surface area contributed by atoms with Crippen LogP contribution >= 0.6 is 0 Å². The van der Waals surface area contributed by atoms with Gasteiger partial charge >= 0.3 is 0 Å². The van der Waals surface area contributed by atoms with E-state index in [2.05, 4.69) is 16.1 Å². The smallest absolute Gasteiger partial charge is 0.189 e. The molecule has 2 aromatic rings. The molecule has 130 valence electrons. The molecule has 0 aliphatic heterocycles. The van der Waals surface area contributed by atoms with Gasteiger partial charge in [-0.25, -0.2) is 4.39 Å². The number of terminal acetylenes is 1. The van der Waals surface area contributed by atoms with Crippen LogP contribution in [0.1, 0.15) is 36.5 Å². The molecule has 0 saturated carbocycles. The van der Waals surface area contributed by atoms with Gasteiger partial charge < -0.3 is 15.2 Å². The van der Waals surface area contributed by atoms with Crippen molar-refractivity contribution < 1.29 is 13.9 Å². The number of benzene rings is 1. The fraction of sp³-hybridized carbons (Fsp3) is 0.368. The van der Waals surface area contributed by atoms with Gasteiger partial charge in [-0.05, 0) is 50.3 Å². The van der Waals surface area contributed by atoms with Crippen LogP contribution in [0, 0.1) is 18.2 Å². The number of fused-ring (bicyclic) bond motifs is 1. The van der Waals surface area contributed by atoms with E-state index in [1.807, 2.05) is 6.92 Å². The van der Waals surface area contributed by atoms with E-state index in [1.54, 1.807) is 12.1 Å². The summed E-state index contributed by atoms with van der Waals surface area (Å²) in [5.41, 5.74) is 9.22. The highest BCUT2D eigenvalue weighted by Crippen LogP contribution is 2.38. The van der Waals surface area contributed by atoms with Crippen molar-refractivity contribution in [2.45, 2.75) is 32.6 Å². The Kier molecular flexibility index (Phi) is 5.15. The van der Waals surface area contributed by atoms with E-state index in [-0.39, 0.29) is 18.1 Å². The summed E-state index contributed by atoms with van der Waals surface area (Å²) in [6.45, 7) is 2.22. The zero-order valence-electron chi connectivity index (χ0n) is 14.1. The van der Waals surface area contributed by atoms with Gasteiger partial charge in [-0.3, -0.25) is 0 Å². The van der Waals surface area contributed by atoms with Gasteiger partial charge in [0.2, 0.25) is 0 Å². The topological polar surface area (TPSA) is 70.3 Å². The van der Waals surface area contributed by atoms with E-state index in [0.29, 0.717) is 23.7 Å². The third-order valence-electron chi connectivity index (χ3n) is 4.32. The van der Waals surface area contributed by atoms with Crippen LogP contribution in [0.15, 0.2) is 12.1 Å². The standard InChI is InChI=1S/C19H20FN3O2/c1-3-12-9-10-15(18(16(12)20)25-11-24-4-2)17-13-7-5-6-8-14(13)19(21)23-22-17/h1,9-10H,4-8,11H2,2H3,(H2,21,23). The van der Waals surface area contributed by atoms with E-state index in [9.17, 15) is 4.39 Å². The summed E-state index contributed by atoms with van der Waals surface area (Å²) in [4.78, 5) is 0. The van der Waals surface area contributed by atoms with E-state index >= 15 is 0 Å². The summed E-state index contributed by atoms with van der Waals surface area (Å²) >= 11 is 0. The van der Waals surface area contributed by atoms with Crippen molar-refractivity contribution in [3.05, 3.63) is 34.6 Å². The van der Waals surface area contributed by atoms with Gasteiger partial charge in [0.05, 0.1) is 5.56 Å². The molecule has 0 radical (unpaired) electrons. The highest BCUT2D eigenvalue weighted by Gasteiger charge is 2.24. The molecule has 0 saturated heterocycles. The first kappa shape index (κ1) is 17.2. The number of anilines is 1. The average molecular weight is 341 g/mol. The molecule has 6 heteroatoms. The normalized spacial score (nSPS) is 13.2. The zero-order valence-corrected chi connectivity index (χ0v) is 14.1. The van der Waals surface area contributed by atoms with Gasteiger partial charge in [0, 0.05) is 17.7 Å². The summed E-state index contributed by atoms with van der Waals surface area (Å²) in [6.07, 6.45) is 9.14. The second-order valence-electron chi connectivity index (χ2n) is 5.80. The molecule has 0 fully saturated rings. The number of nitrogens with two attached hydrogens (primary N) is 1. The molecular weight excluding hydrogens is 321 g/mol. The first-order valence-electron chi connectivity index (χ1n) is 8.31. The molecule has 1 aliphatic carbocycles. The van der Waals surface area contributed by atoms with Crippen LogP contribution in [-0.2, 0) is 17.6 Å². The Labute approximate surface area is 146 Å². The lowest BCUT2D eigenvalue weighted by Gasteiger charge is -2.21. The minimum Gasteiger partial charge on any atom is -0.464 e. The summed E-state index contributed by atoms with van der Waals surface area (Å²) in [7, 11) is 0. The first-order chi connectivity index (χ1) is 12.2. The van der Waals surface area contributed by atoms with Crippen molar-refractivity contribution >= 4 is 5.82 Å². The van der Waals surface area contributed by atoms with E-state index in [1.165, 1.54) is 0 Å². The van der Waals surface area contributed by atoms with Crippen molar-refractivity contribution in [2.24, 2.45) is 0 Å². The molecule has 25 heavy (non-hydrogen) atoms. The Morgan fingerprint density at radius 3 is 2.72 bits per heavy atom. The van der Waals surface area contributed by atoms with Crippen LogP contribution in [-0.4, -0.2) is 23.6 Å². The molecule has 5 nitrogen and oxygen atoms in total. The van der Waals surface area contributed by atoms with Gasteiger partial charge in [-0.1, -0.05) is 5.92 Å². The third kappa shape index (κ3) is 3.28. The number of aromatic nitrogens is 2. The van der Waals surface area contributed by atoms with Crippen LogP contribution < -0.4 is 10.5 Å². The maximum atomic E-state index is 14.8. The lowest BCUT2D eigenvalue weighted by Crippen LogP contribution is -2.13. The number of ether oxygens (including phenoxy) is 2. The fourth-order valence-electron chi connectivity index (χ4n) is 3.07. The fourth-order valence-corrected chi connectivity index (χ4v) is 3.07. The van der Waals surface area contributed by atoms with Crippen LogP contribution in [0.5, 0.6) is 5.75 Å². The van der Waals surface area contributed by atoms with Crippen molar-refractivity contribution in [3.8, 4) is 29.4 Å². The number of nitrogens with zero attached hydrogens (tertiary/aromatic N) is 2. The summed E-state index contributed by atoms with van der Waals surface area (Å²) in [5.74, 6) is 2.21. The summed E-state index contributed by atoms with van der Waals surface area (Å²) < 4.78 is 25.5. The second kappa shape index (κ2) is 7.49. The maximum absolute atomic E-state index is 14.8. The van der Waals surface area contributed by atoms with Crippen molar-refractivity contribution in [1.29, 1.82) is 0 Å². The molecule has 0 amide bonds. The van der Waals surface area contributed by atoms with Crippen LogP contribution in [0.3, 0.4) is 0 Å². The van der Waals surface area contributed by atoms with Gasteiger partial charge in [0.15, 0.2) is 18.4 Å². The molecule has 1 heterocycles. The van der Waals surface area contributed by atoms with E-state index in [0.717, 1.165) is 36.8 Å². The minimum absolute atomic E-state index is 0.0377. The number of halogens is 1. The molecule has 2 N–H and O–H groups in total. The third-order valence-corrected chi connectivity index (χ3v) is 4.32. The molecule has 0 unspecified atom stereocenters. The molecule has 3 rings (SSSR count). The Morgan fingerprint density at radius 2 is 2.00 bits per heavy atom. The minimum atomic E-state index is -0.595. The number of hydrogen-bond donors (Lipinski definition) is 1. The van der Waals surface area contributed by atoms with Crippen LogP contribution in [0.2, 0.25) is 0 Å².